The van der Waals surface area contributed by atoms with E-state index in [2.05, 4.69) is 5.32 Å². The topological polar surface area (TPSA) is 73.3 Å². The Morgan fingerprint density at radius 1 is 1.28 bits per heavy atom. The number of amidine groups is 1. The number of nitrogens with zero attached hydrogens (tertiary/aromatic N) is 1. The lowest BCUT2D eigenvalue weighted by molar-refractivity contribution is -0.121. The Bertz CT molecular complexity index is 841. The molecule has 1 heterocycles. The largest absolute Gasteiger partial charge is 0.326 e. The van der Waals surface area contributed by atoms with E-state index in [1.807, 2.05) is 31.2 Å². The van der Waals surface area contributed by atoms with Crippen molar-refractivity contribution in [1.82, 2.24) is 0 Å². The summed E-state index contributed by atoms with van der Waals surface area (Å²) in [5, 5.41) is 10.9. The van der Waals surface area contributed by atoms with Crippen LogP contribution in [0.25, 0.3) is 0 Å². The van der Waals surface area contributed by atoms with Crippen molar-refractivity contribution < 1.29 is 9.59 Å². The number of hydrogen-bond acceptors (Lipinski definition) is 4. The Kier molecular flexibility index (Phi) is 5.11. The summed E-state index contributed by atoms with van der Waals surface area (Å²) in [4.78, 5) is 26.2. The van der Waals surface area contributed by atoms with Gasteiger partial charge in [0.15, 0.2) is 5.17 Å². The predicted molar refractivity (Wildman–Crippen MR) is 102 cm³/mol. The zero-order valence-corrected chi connectivity index (χ0v) is 15.0. The maximum Gasteiger partial charge on any atom is 0.247 e. The van der Waals surface area contributed by atoms with Gasteiger partial charge < -0.3 is 5.32 Å². The predicted octanol–water partition coefficient (Wildman–Crippen LogP) is 4.06. The van der Waals surface area contributed by atoms with E-state index in [0.29, 0.717) is 16.4 Å². The third-order valence-corrected chi connectivity index (χ3v) is 5.26. The lowest BCUT2D eigenvalue weighted by Crippen LogP contribution is -2.33. The summed E-state index contributed by atoms with van der Waals surface area (Å²) in [6, 6.07) is 14.3. The van der Waals surface area contributed by atoms with E-state index in [-0.39, 0.29) is 23.4 Å². The summed E-state index contributed by atoms with van der Waals surface area (Å²) in [6.45, 7) is 1.88. The van der Waals surface area contributed by atoms with Gasteiger partial charge in [-0.05, 0) is 36.8 Å². The molecule has 1 atom stereocenters. The molecule has 2 aromatic carbocycles. The molecule has 0 aliphatic carbocycles. The van der Waals surface area contributed by atoms with E-state index in [1.165, 1.54) is 4.90 Å². The summed E-state index contributed by atoms with van der Waals surface area (Å²) in [5.41, 5.74) is 2.15. The first kappa shape index (κ1) is 17.5. The third-order valence-electron chi connectivity index (χ3n) is 3.79. The lowest BCUT2D eigenvalue weighted by Gasteiger charge is -2.15. The molecule has 2 amide bonds. The Morgan fingerprint density at radius 2 is 2.00 bits per heavy atom. The number of halogens is 1. The van der Waals surface area contributed by atoms with Gasteiger partial charge in [-0.2, -0.15) is 0 Å². The molecule has 1 aliphatic rings. The van der Waals surface area contributed by atoms with E-state index >= 15 is 0 Å². The molecule has 1 fully saturated rings. The van der Waals surface area contributed by atoms with Crippen LogP contribution in [0.5, 0.6) is 0 Å². The normalized spacial score (nSPS) is 17.0. The molecule has 1 saturated heterocycles. The van der Waals surface area contributed by atoms with E-state index < -0.39 is 5.25 Å². The van der Waals surface area contributed by atoms with Crippen LogP contribution in [0.4, 0.5) is 11.4 Å². The van der Waals surface area contributed by atoms with Crippen LogP contribution in [-0.2, 0) is 9.59 Å². The maximum atomic E-state index is 12.6. The standard InChI is InChI=1S/C18H16ClN3O2S/c1-11-7-8-12(9-14(11)19)21-16(23)10-15-17(24)22(18(20)25-15)13-5-3-2-4-6-13/h2-9,15,20H,10H2,1H3,(H,21,23). The lowest BCUT2D eigenvalue weighted by atomic mass is 10.2. The molecule has 0 bridgehead atoms. The van der Waals surface area contributed by atoms with Crippen molar-refractivity contribution in [2.75, 3.05) is 10.2 Å². The van der Waals surface area contributed by atoms with Gasteiger partial charge in [-0.3, -0.25) is 19.9 Å². The Labute approximate surface area is 154 Å². The number of benzene rings is 2. The highest BCUT2D eigenvalue weighted by Crippen LogP contribution is 2.33. The van der Waals surface area contributed by atoms with Gasteiger partial charge in [0, 0.05) is 17.1 Å². The minimum absolute atomic E-state index is 0.000703. The van der Waals surface area contributed by atoms with Gasteiger partial charge in [0.25, 0.3) is 0 Å². The highest BCUT2D eigenvalue weighted by Gasteiger charge is 2.39. The van der Waals surface area contributed by atoms with Crippen LogP contribution >= 0.6 is 23.4 Å². The molecule has 25 heavy (non-hydrogen) atoms. The molecule has 0 spiro atoms. The number of carbonyl (C=O) groups excluding carboxylic acids is 2. The van der Waals surface area contributed by atoms with Crippen molar-refractivity contribution in [3.8, 4) is 0 Å². The van der Waals surface area contributed by atoms with Crippen LogP contribution in [0.15, 0.2) is 48.5 Å². The molecule has 0 saturated carbocycles. The highest BCUT2D eigenvalue weighted by atomic mass is 35.5. The van der Waals surface area contributed by atoms with E-state index in [4.69, 9.17) is 17.0 Å². The maximum absolute atomic E-state index is 12.6. The molecule has 3 rings (SSSR count). The van der Waals surface area contributed by atoms with Crippen LogP contribution in [-0.4, -0.2) is 22.2 Å². The summed E-state index contributed by atoms with van der Waals surface area (Å²) in [5.74, 6) is -0.535. The first-order chi connectivity index (χ1) is 12.0. The number of thioether (sulfide) groups is 1. The Morgan fingerprint density at radius 3 is 2.68 bits per heavy atom. The number of para-hydroxylation sites is 1. The third kappa shape index (κ3) is 3.86. The summed E-state index contributed by atoms with van der Waals surface area (Å²) in [7, 11) is 0. The second-order valence-corrected chi connectivity index (χ2v) is 7.24. The van der Waals surface area contributed by atoms with Crippen molar-refractivity contribution in [2.45, 2.75) is 18.6 Å². The molecule has 7 heteroatoms. The van der Waals surface area contributed by atoms with Gasteiger partial charge in [0.2, 0.25) is 11.8 Å². The van der Waals surface area contributed by atoms with Crippen LogP contribution in [0.2, 0.25) is 5.02 Å². The average molecular weight is 374 g/mol. The van der Waals surface area contributed by atoms with Crippen molar-refractivity contribution in [2.24, 2.45) is 0 Å². The average Bonchev–Trinajstić information content (AvgIpc) is 2.85. The zero-order valence-electron chi connectivity index (χ0n) is 13.5. The van der Waals surface area contributed by atoms with Gasteiger partial charge in [0.1, 0.15) is 5.25 Å². The molecule has 0 aromatic heterocycles. The molecule has 2 N–H and O–H groups in total. The molecular weight excluding hydrogens is 358 g/mol. The quantitative estimate of drug-likeness (QED) is 0.848. The number of aryl methyl sites for hydroxylation is 1. The van der Waals surface area contributed by atoms with Crippen LogP contribution in [0, 0.1) is 12.3 Å². The molecule has 5 nitrogen and oxygen atoms in total. The number of carbonyl (C=O) groups is 2. The number of anilines is 2. The molecule has 128 valence electrons. The fourth-order valence-corrected chi connectivity index (χ4v) is 3.68. The second kappa shape index (κ2) is 7.29. The molecule has 0 radical (unpaired) electrons. The van der Waals surface area contributed by atoms with Crippen molar-refractivity contribution in [1.29, 1.82) is 5.41 Å². The van der Waals surface area contributed by atoms with Gasteiger partial charge >= 0.3 is 0 Å². The number of rotatable bonds is 4. The van der Waals surface area contributed by atoms with Crippen molar-refractivity contribution >= 4 is 51.7 Å². The second-order valence-electron chi connectivity index (χ2n) is 5.64. The van der Waals surface area contributed by atoms with Gasteiger partial charge in [-0.25, -0.2) is 0 Å². The number of nitrogens with one attached hydrogen (secondary N) is 2. The minimum Gasteiger partial charge on any atom is -0.326 e. The van der Waals surface area contributed by atoms with E-state index in [0.717, 1.165) is 17.3 Å². The van der Waals surface area contributed by atoms with Gasteiger partial charge in [-0.1, -0.05) is 47.6 Å². The number of amides is 2. The smallest absolute Gasteiger partial charge is 0.247 e. The van der Waals surface area contributed by atoms with E-state index in [1.54, 1.807) is 24.3 Å². The summed E-state index contributed by atoms with van der Waals surface area (Å²) in [6.07, 6.45) is 0.000703. The monoisotopic (exact) mass is 373 g/mol. The fourth-order valence-electron chi connectivity index (χ4n) is 2.48. The van der Waals surface area contributed by atoms with Crippen LogP contribution < -0.4 is 10.2 Å². The van der Waals surface area contributed by atoms with Crippen molar-refractivity contribution in [3.05, 3.63) is 59.1 Å². The SMILES string of the molecule is Cc1ccc(NC(=O)CC2SC(=N)N(c3ccccc3)C2=O)cc1Cl. The zero-order chi connectivity index (χ0) is 18.0. The van der Waals surface area contributed by atoms with Gasteiger partial charge in [-0.15, -0.1) is 0 Å². The Hall–Kier alpha value is -2.31. The molecule has 1 unspecified atom stereocenters. The van der Waals surface area contributed by atoms with Crippen molar-refractivity contribution in [3.63, 3.8) is 0 Å². The van der Waals surface area contributed by atoms with Crippen LogP contribution in [0.3, 0.4) is 0 Å². The number of hydrogen-bond donors (Lipinski definition) is 2. The van der Waals surface area contributed by atoms with Gasteiger partial charge in [0.05, 0.1) is 5.69 Å². The summed E-state index contributed by atoms with van der Waals surface area (Å²) < 4.78 is 0. The van der Waals surface area contributed by atoms with Crippen LogP contribution in [0.1, 0.15) is 12.0 Å². The van der Waals surface area contributed by atoms with E-state index in [9.17, 15) is 9.59 Å². The summed E-state index contributed by atoms with van der Waals surface area (Å²) >= 11 is 7.15. The minimum atomic E-state index is -0.603. The first-order valence-electron chi connectivity index (χ1n) is 7.66. The molecule has 2 aromatic rings. The highest BCUT2D eigenvalue weighted by molar-refractivity contribution is 8.16. The fraction of sp³-hybridized carbons (Fsp3) is 0.167. The Balaban J connectivity index is 1.67. The first-order valence-corrected chi connectivity index (χ1v) is 8.91. The molecular formula is C18H16ClN3O2S. The molecule has 1 aliphatic heterocycles.